The highest BCUT2D eigenvalue weighted by Gasteiger charge is 2.33. The third-order valence-electron chi connectivity index (χ3n) is 5.14. The standard InChI is InChI=1S/C23H26N4O4S/c1-15-5-7-16(8-6-15)20-25-27(22(29)26(20)18-11-12-18)32(30,31)19-13-9-17(10-14-19)21(28)24-23(2,3)4/h5-10,13-14,18H,11-12H2,1-4H3,(H,24,28). The van der Waals surface area contributed by atoms with Gasteiger partial charge in [-0.15, -0.1) is 5.10 Å². The maximum absolute atomic E-state index is 13.2. The number of nitrogens with zero attached hydrogens (tertiary/aromatic N) is 3. The lowest BCUT2D eigenvalue weighted by Gasteiger charge is -2.20. The van der Waals surface area contributed by atoms with Gasteiger partial charge in [-0.2, -0.15) is 8.42 Å². The largest absolute Gasteiger partial charge is 0.361 e. The van der Waals surface area contributed by atoms with Crippen molar-refractivity contribution in [2.45, 2.75) is 57.0 Å². The lowest BCUT2D eigenvalue weighted by atomic mass is 10.1. The molecule has 1 fully saturated rings. The fraction of sp³-hybridized carbons (Fsp3) is 0.348. The summed E-state index contributed by atoms with van der Waals surface area (Å²) in [5.41, 5.74) is 0.962. The van der Waals surface area contributed by atoms with Crippen LogP contribution in [-0.4, -0.2) is 33.6 Å². The lowest BCUT2D eigenvalue weighted by molar-refractivity contribution is 0.0919. The number of rotatable bonds is 5. The molecule has 168 valence electrons. The molecule has 0 spiro atoms. The molecule has 8 nitrogen and oxygen atoms in total. The molecule has 9 heteroatoms. The van der Waals surface area contributed by atoms with Crippen molar-refractivity contribution in [3.8, 4) is 11.4 Å². The molecule has 1 N–H and O–H groups in total. The predicted octanol–water partition coefficient (Wildman–Crippen LogP) is 3.12. The smallest absolute Gasteiger partial charge is 0.347 e. The van der Waals surface area contributed by atoms with Crippen molar-refractivity contribution >= 4 is 15.9 Å². The fourth-order valence-corrected chi connectivity index (χ4v) is 4.53. The van der Waals surface area contributed by atoms with Gasteiger partial charge in [0.25, 0.3) is 15.9 Å². The van der Waals surface area contributed by atoms with Gasteiger partial charge in [0, 0.05) is 22.7 Å². The van der Waals surface area contributed by atoms with Crippen LogP contribution >= 0.6 is 0 Å². The number of amides is 1. The molecule has 32 heavy (non-hydrogen) atoms. The number of aromatic nitrogens is 3. The number of hydrogen-bond donors (Lipinski definition) is 1. The lowest BCUT2D eigenvalue weighted by Crippen LogP contribution is -2.40. The van der Waals surface area contributed by atoms with Crippen molar-refractivity contribution in [1.82, 2.24) is 19.1 Å². The van der Waals surface area contributed by atoms with E-state index in [1.165, 1.54) is 28.8 Å². The van der Waals surface area contributed by atoms with E-state index in [9.17, 15) is 18.0 Å². The molecule has 1 aromatic heterocycles. The Morgan fingerprint density at radius 1 is 1.03 bits per heavy atom. The zero-order valence-electron chi connectivity index (χ0n) is 18.5. The molecule has 0 saturated heterocycles. The van der Waals surface area contributed by atoms with E-state index in [0.29, 0.717) is 21.0 Å². The van der Waals surface area contributed by atoms with Crippen molar-refractivity contribution in [2.24, 2.45) is 0 Å². The summed E-state index contributed by atoms with van der Waals surface area (Å²) in [6, 6.07) is 12.9. The van der Waals surface area contributed by atoms with Crippen LogP contribution in [0, 0.1) is 6.92 Å². The average molecular weight is 455 g/mol. The van der Waals surface area contributed by atoms with Crippen molar-refractivity contribution in [3.05, 3.63) is 70.1 Å². The van der Waals surface area contributed by atoms with Gasteiger partial charge >= 0.3 is 5.69 Å². The SMILES string of the molecule is Cc1ccc(-c2nn(S(=O)(=O)c3ccc(C(=O)NC(C)(C)C)cc3)c(=O)n2C2CC2)cc1. The molecule has 0 unspecified atom stereocenters. The van der Waals surface area contributed by atoms with E-state index in [-0.39, 0.29) is 16.8 Å². The Labute approximate surface area is 186 Å². The minimum Gasteiger partial charge on any atom is -0.347 e. The van der Waals surface area contributed by atoms with Gasteiger partial charge in [0.05, 0.1) is 4.90 Å². The van der Waals surface area contributed by atoms with Gasteiger partial charge in [-0.25, -0.2) is 4.79 Å². The Balaban J connectivity index is 1.73. The summed E-state index contributed by atoms with van der Waals surface area (Å²) < 4.78 is 28.5. The summed E-state index contributed by atoms with van der Waals surface area (Å²) in [5.74, 6) is 0.0283. The van der Waals surface area contributed by atoms with Gasteiger partial charge in [-0.05, 0) is 64.8 Å². The van der Waals surface area contributed by atoms with Crippen LogP contribution in [0.3, 0.4) is 0 Å². The van der Waals surface area contributed by atoms with E-state index in [2.05, 4.69) is 10.4 Å². The van der Waals surface area contributed by atoms with Crippen LogP contribution in [-0.2, 0) is 10.0 Å². The Morgan fingerprint density at radius 3 is 2.16 bits per heavy atom. The fourth-order valence-electron chi connectivity index (χ4n) is 3.37. The summed E-state index contributed by atoms with van der Waals surface area (Å²) in [5, 5.41) is 7.05. The third-order valence-corrected chi connectivity index (χ3v) is 6.70. The van der Waals surface area contributed by atoms with Gasteiger partial charge in [0.1, 0.15) is 0 Å². The Bertz CT molecular complexity index is 1320. The molecule has 3 aromatic rings. The first-order valence-corrected chi connectivity index (χ1v) is 11.9. The first-order chi connectivity index (χ1) is 15.0. The summed E-state index contributed by atoms with van der Waals surface area (Å²) in [6.07, 6.45) is 1.62. The summed E-state index contributed by atoms with van der Waals surface area (Å²) >= 11 is 0. The average Bonchev–Trinajstić information content (AvgIpc) is 3.49. The first kappa shape index (κ1) is 22.0. The minimum absolute atomic E-state index is 0.0498. The summed E-state index contributed by atoms with van der Waals surface area (Å²) in [4.78, 5) is 25.3. The number of carbonyl (C=O) groups excluding carboxylic acids is 1. The number of benzene rings is 2. The molecule has 1 amide bonds. The first-order valence-electron chi connectivity index (χ1n) is 10.4. The van der Waals surface area contributed by atoms with Crippen LogP contribution in [0.4, 0.5) is 0 Å². The number of nitrogens with one attached hydrogen (secondary N) is 1. The molecule has 0 atom stereocenters. The Kier molecular flexibility index (Phi) is 5.32. The molecular weight excluding hydrogens is 428 g/mol. The quantitative estimate of drug-likeness (QED) is 0.638. The second kappa shape index (κ2) is 7.74. The third kappa shape index (κ3) is 4.25. The van der Waals surface area contributed by atoms with Gasteiger partial charge in [-0.3, -0.25) is 9.36 Å². The predicted molar refractivity (Wildman–Crippen MR) is 121 cm³/mol. The van der Waals surface area contributed by atoms with Crippen LogP contribution in [0.25, 0.3) is 11.4 Å². The van der Waals surface area contributed by atoms with Gasteiger partial charge in [0.2, 0.25) is 0 Å². The summed E-state index contributed by atoms with van der Waals surface area (Å²) in [7, 11) is -4.23. The molecule has 1 saturated carbocycles. The molecule has 1 heterocycles. The van der Waals surface area contributed by atoms with Crippen molar-refractivity contribution < 1.29 is 13.2 Å². The van der Waals surface area contributed by atoms with Crippen molar-refractivity contribution in [2.75, 3.05) is 0 Å². The molecular formula is C23H26N4O4S. The van der Waals surface area contributed by atoms with Crippen LogP contribution in [0.5, 0.6) is 0 Å². The highest BCUT2D eigenvalue weighted by molar-refractivity contribution is 7.89. The van der Waals surface area contributed by atoms with E-state index < -0.39 is 21.3 Å². The highest BCUT2D eigenvalue weighted by atomic mass is 32.2. The minimum atomic E-state index is -4.23. The van der Waals surface area contributed by atoms with Gasteiger partial charge < -0.3 is 5.32 Å². The van der Waals surface area contributed by atoms with E-state index in [1.54, 1.807) is 0 Å². The zero-order valence-corrected chi connectivity index (χ0v) is 19.3. The Hall–Kier alpha value is -3.20. The van der Waals surface area contributed by atoms with Gasteiger partial charge in [-0.1, -0.05) is 33.9 Å². The topological polar surface area (TPSA) is 103 Å². The van der Waals surface area contributed by atoms with E-state index in [0.717, 1.165) is 18.4 Å². The molecule has 1 aliphatic carbocycles. The van der Waals surface area contributed by atoms with Crippen molar-refractivity contribution in [3.63, 3.8) is 0 Å². The van der Waals surface area contributed by atoms with Gasteiger partial charge in [0.15, 0.2) is 5.82 Å². The summed E-state index contributed by atoms with van der Waals surface area (Å²) in [6.45, 7) is 7.53. The van der Waals surface area contributed by atoms with Crippen LogP contribution in [0.2, 0.25) is 0 Å². The number of aryl methyl sites for hydroxylation is 1. The Morgan fingerprint density at radius 2 is 1.62 bits per heavy atom. The molecule has 0 bridgehead atoms. The van der Waals surface area contributed by atoms with E-state index in [4.69, 9.17) is 0 Å². The highest BCUT2D eigenvalue weighted by Crippen LogP contribution is 2.36. The van der Waals surface area contributed by atoms with Crippen molar-refractivity contribution in [1.29, 1.82) is 0 Å². The normalized spacial score (nSPS) is 14.4. The number of carbonyl (C=O) groups is 1. The van der Waals surface area contributed by atoms with Crippen LogP contribution in [0.15, 0.2) is 58.2 Å². The molecule has 4 rings (SSSR count). The maximum atomic E-state index is 13.2. The second-order valence-corrected chi connectivity index (χ2v) is 10.9. The van der Waals surface area contributed by atoms with Crippen LogP contribution < -0.4 is 11.0 Å². The maximum Gasteiger partial charge on any atom is 0.361 e. The molecule has 0 aliphatic heterocycles. The zero-order chi connectivity index (χ0) is 23.3. The van der Waals surface area contributed by atoms with Crippen LogP contribution in [0.1, 0.15) is 55.6 Å². The van der Waals surface area contributed by atoms with E-state index >= 15 is 0 Å². The van der Waals surface area contributed by atoms with E-state index in [1.807, 2.05) is 52.0 Å². The molecule has 1 aliphatic rings. The molecule has 2 aromatic carbocycles. The monoisotopic (exact) mass is 454 g/mol. The second-order valence-electron chi connectivity index (χ2n) is 9.15. The molecule has 0 radical (unpaired) electrons. The number of hydrogen-bond acceptors (Lipinski definition) is 5.